The maximum atomic E-state index is 12.8. The number of nitro groups is 1. The second-order valence-corrected chi connectivity index (χ2v) is 6.78. The number of aryl methyl sites for hydroxylation is 1. The summed E-state index contributed by atoms with van der Waals surface area (Å²) < 4.78 is 0.0173. The van der Waals surface area contributed by atoms with Crippen molar-refractivity contribution in [2.75, 3.05) is 4.90 Å². The van der Waals surface area contributed by atoms with Crippen molar-refractivity contribution in [2.24, 2.45) is 0 Å². The highest BCUT2D eigenvalue weighted by Gasteiger charge is 2.37. The van der Waals surface area contributed by atoms with E-state index in [1.165, 1.54) is 6.07 Å². The summed E-state index contributed by atoms with van der Waals surface area (Å²) >= 11 is 2.99. The number of hydrogen-bond donors (Lipinski definition) is 2. The average molecular weight is 446 g/mol. The van der Waals surface area contributed by atoms with Crippen LogP contribution in [-0.4, -0.2) is 27.9 Å². The first-order valence-corrected chi connectivity index (χ1v) is 8.63. The highest BCUT2D eigenvalue weighted by Crippen LogP contribution is 2.36. The molecule has 0 aromatic heterocycles. The number of anilines is 1. The molecule has 0 radical (unpaired) electrons. The van der Waals surface area contributed by atoms with E-state index in [1.807, 2.05) is 6.92 Å². The summed E-state index contributed by atoms with van der Waals surface area (Å²) in [4.78, 5) is 48.2. The molecule has 1 saturated heterocycles. The van der Waals surface area contributed by atoms with Gasteiger partial charge < -0.3 is 5.11 Å². The van der Waals surface area contributed by atoms with Crippen LogP contribution in [0.15, 0.2) is 46.4 Å². The maximum absolute atomic E-state index is 12.8. The Kier molecular flexibility index (Phi) is 4.97. The predicted octanol–water partition coefficient (Wildman–Crippen LogP) is 3.04. The summed E-state index contributed by atoms with van der Waals surface area (Å²) in [5.41, 5.74) is 0.322. The van der Waals surface area contributed by atoms with Crippen molar-refractivity contribution < 1.29 is 24.4 Å². The largest absolute Gasteiger partial charge is 0.501 e. The van der Waals surface area contributed by atoms with Crippen molar-refractivity contribution in [2.45, 2.75) is 6.92 Å². The van der Waals surface area contributed by atoms with Crippen molar-refractivity contribution >= 4 is 51.2 Å². The zero-order valence-corrected chi connectivity index (χ0v) is 15.9. The molecular weight excluding hydrogens is 434 g/mol. The molecule has 4 amide bonds. The Bertz CT molecular complexity index is 1060. The summed E-state index contributed by atoms with van der Waals surface area (Å²) in [6, 6.07) is 7.95. The number of rotatable bonds is 3. The van der Waals surface area contributed by atoms with Gasteiger partial charge in [-0.25, -0.2) is 9.69 Å². The number of aromatic hydroxyl groups is 1. The van der Waals surface area contributed by atoms with Crippen LogP contribution in [0.5, 0.6) is 5.75 Å². The number of benzene rings is 2. The van der Waals surface area contributed by atoms with E-state index in [4.69, 9.17) is 0 Å². The topological polar surface area (TPSA) is 130 Å². The fraction of sp³-hybridized carbons (Fsp3) is 0.0556. The first kappa shape index (κ1) is 19.2. The zero-order chi connectivity index (χ0) is 20.6. The summed E-state index contributed by atoms with van der Waals surface area (Å²) in [6.07, 6.45) is 1.11. The van der Waals surface area contributed by atoms with Crippen LogP contribution in [0.3, 0.4) is 0 Å². The number of urea groups is 1. The van der Waals surface area contributed by atoms with Crippen LogP contribution in [0.1, 0.15) is 11.1 Å². The number of phenolic OH excluding ortho intramolecular Hbond substituents is 1. The van der Waals surface area contributed by atoms with E-state index in [-0.39, 0.29) is 21.3 Å². The molecule has 1 aliphatic heterocycles. The van der Waals surface area contributed by atoms with E-state index in [1.54, 1.807) is 24.3 Å². The number of barbiturate groups is 1. The smallest absolute Gasteiger partial charge is 0.335 e. The molecular formula is C18H12BrN3O6. The lowest BCUT2D eigenvalue weighted by atomic mass is 10.1. The van der Waals surface area contributed by atoms with E-state index < -0.39 is 34.2 Å². The van der Waals surface area contributed by atoms with Gasteiger partial charge in [0, 0.05) is 6.07 Å². The van der Waals surface area contributed by atoms with Crippen LogP contribution in [0, 0.1) is 17.0 Å². The molecule has 9 nitrogen and oxygen atoms in total. The molecule has 2 aromatic rings. The molecule has 0 atom stereocenters. The van der Waals surface area contributed by atoms with Crippen LogP contribution in [0.25, 0.3) is 6.08 Å². The van der Waals surface area contributed by atoms with Crippen molar-refractivity contribution in [1.29, 1.82) is 0 Å². The number of nitro benzene ring substituents is 1. The number of nitrogens with zero attached hydrogens (tertiary/aromatic N) is 2. The lowest BCUT2D eigenvalue weighted by molar-refractivity contribution is -0.386. The van der Waals surface area contributed by atoms with Gasteiger partial charge in [-0.1, -0.05) is 17.7 Å². The van der Waals surface area contributed by atoms with Gasteiger partial charge in [-0.2, -0.15) is 0 Å². The highest BCUT2D eigenvalue weighted by atomic mass is 79.9. The third-order valence-corrected chi connectivity index (χ3v) is 4.57. The van der Waals surface area contributed by atoms with E-state index in [9.17, 15) is 29.6 Å². The van der Waals surface area contributed by atoms with Crippen molar-refractivity contribution in [1.82, 2.24) is 5.32 Å². The fourth-order valence-corrected chi connectivity index (χ4v) is 3.05. The van der Waals surface area contributed by atoms with Crippen LogP contribution in [0.4, 0.5) is 16.2 Å². The van der Waals surface area contributed by atoms with E-state index in [0.717, 1.165) is 22.6 Å². The molecule has 0 spiro atoms. The minimum Gasteiger partial charge on any atom is -0.501 e. The molecule has 0 aliphatic carbocycles. The van der Waals surface area contributed by atoms with Gasteiger partial charge in [0.05, 0.1) is 15.1 Å². The predicted molar refractivity (Wildman–Crippen MR) is 103 cm³/mol. The number of hydrogen-bond acceptors (Lipinski definition) is 6. The standard InChI is InChI=1S/C18H12BrN3O6/c1-9-2-4-11(5-3-9)21-17(25)12(16(24)20-18(21)26)6-10-7-13(19)15(23)14(8-10)22(27)28/h2-8,23H,1H3,(H,20,24,26)/b12-6+. The zero-order valence-electron chi connectivity index (χ0n) is 14.3. The Morgan fingerprint density at radius 1 is 1.18 bits per heavy atom. The van der Waals surface area contributed by atoms with E-state index >= 15 is 0 Å². The monoisotopic (exact) mass is 445 g/mol. The van der Waals surface area contributed by atoms with Gasteiger partial charge in [0.1, 0.15) is 5.57 Å². The molecule has 0 bridgehead atoms. The molecule has 142 valence electrons. The Balaban J connectivity index is 2.07. The van der Waals surface area contributed by atoms with Gasteiger partial charge in [0.25, 0.3) is 11.8 Å². The van der Waals surface area contributed by atoms with Gasteiger partial charge in [-0.05, 0) is 52.7 Å². The first-order chi connectivity index (χ1) is 13.2. The lowest BCUT2D eigenvalue weighted by Gasteiger charge is -2.26. The Hall–Kier alpha value is -3.53. The second-order valence-electron chi connectivity index (χ2n) is 5.92. The summed E-state index contributed by atoms with van der Waals surface area (Å²) in [6.45, 7) is 1.84. The SMILES string of the molecule is Cc1ccc(N2C(=O)NC(=O)/C(=C\c3cc(Br)c(O)c([N+](=O)[O-])c3)C2=O)cc1. The lowest BCUT2D eigenvalue weighted by Crippen LogP contribution is -2.54. The average Bonchev–Trinajstić information content (AvgIpc) is 2.62. The summed E-state index contributed by atoms with van der Waals surface area (Å²) in [5, 5.41) is 22.9. The molecule has 2 aromatic carbocycles. The third kappa shape index (κ3) is 3.49. The van der Waals surface area contributed by atoms with Gasteiger partial charge in [-0.15, -0.1) is 0 Å². The summed E-state index contributed by atoms with van der Waals surface area (Å²) in [5.74, 6) is -2.38. The van der Waals surface area contributed by atoms with Gasteiger partial charge in [-0.3, -0.25) is 25.0 Å². The maximum Gasteiger partial charge on any atom is 0.335 e. The van der Waals surface area contributed by atoms with Crippen LogP contribution in [0.2, 0.25) is 0 Å². The van der Waals surface area contributed by atoms with Crippen LogP contribution < -0.4 is 10.2 Å². The quantitative estimate of drug-likeness (QED) is 0.323. The molecule has 1 aliphatic rings. The van der Waals surface area contributed by atoms with Crippen molar-refractivity contribution in [3.8, 4) is 5.75 Å². The highest BCUT2D eigenvalue weighted by molar-refractivity contribution is 9.10. The molecule has 2 N–H and O–H groups in total. The molecule has 0 saturated carbocycles. The number of carbonyl (C=O) groups excluding carboxylic acids is 3. The molecule has 1 heterocycles. The summed E-state index contributed by atoms with van der Waals surface area (Å²) in [7, 11) is 0. The fourth-order valence-electron chi connectivity index (χ4n) is 2.58. The second kappa shape index (κ2) is 7.24. The molecule has 10 heteroatoms. The Morgan fingerprint density at radius 2 is 1.82 bits per heavy atom. The van der Waals surface area contributed by atoms with Crippen molar-refractivity contribution in [3.63, 3.8) is 0 Å². The van der Waals surface area contributed by atoms with Crippen LogP contribution in [-0.2, 0) is 9.59 Å². The minimum absolute atomic E-state index is 0.0173. The molecule has 0 unspecified atom stereocenters. The van der Waals surface area contributed by atoms with Gasteiger partial charge >= 0.3 is 11.7 Å². The van der Waals surface area contributed by atoms with E-state index in [2.05, 4.69) is 21.2 Å². The first-order valence-electron chi connectivity index (χ1n) is 7.84. The minimum atomic E-state index is -0.926. The number of nitrogens with one attached hydrogen (secondary N) is 1. The number of halogens is 1. The Labute approximate surface area is 166 Å². The number of carbonyl (C=O) groups is 3. The molecule has 3 rings (SSSR count). The number of imide groups is 2. The van der Waals surface area contributed by atoms with Crippen molar-refractivity contribution in [3.05, 3.63) is 67.7 Å². The number of amides is 4. The van der Waals surface area contributed by atoms with E-state index in [0.29, 0.717) is 0 Å². The molecule has 28 heavy (non-hydrogen) atoms. The van der Waals surface area contributed by atoms with Gasteiger partial charge in [0.2, 0.25) is 5.75 Å². The van der Waals surface area contributed by atoms with Crippen LogP contribution >= 0.6 is 15.9 Å². The van der Waals surface area contributed by atoms with Gasteiger partial charge in [0.15, 0.2) is 0 Å². The normalized spacial score (nSPS) is 15.7. The third-order valence-electron chi connectivity index (χ3n) is 3.97. The molecule has 1 fully saturated rings. The Morgan fingerprint density at radius 3 is 2.43 bits per heavy atom. The number of phenols is 1.